The molecule has 0 aromatic carbocycles. The molecule has 1 atom stereocenters. The quantitative estimate of drug-likeness (QED) is 0.653. The highest BCUT2D eigenvalue weighted by molar-refractivity contribution is 5.80. The van der Waals surface area contributed by atoms with Crippen molar-refractivity contribution in [2.45, 2.75) is 44.6 Å². The first-order valence-corrected chi connectivity index (χ1v) is 8.18. The highest BCUT2D eigenvalue weighted by Gasteiger charge is 2.29. The van der Waals surface area contributed by atoms with Gasteiger partial charge in [-0.2, -0.15) is 0 Å². The van der Waals surface area contributed by atoms with Crippen LogP contribution in [0.5, 0.6) is 0 Å². The van der Waals surface area contributed by atoms with Gasteiger partial charge in [0.2, 0.25) is 5.91 Å². The fraction of sp³-hybridized carbons (Fsp3) is 0.867. The summed E-state index contributed by atoms with van der Waals surface area (Å²) in [6, 6.07) is 0.344. The Morgan fingerprint density at radius 1 is 1.10 bits per heavy atom. The Morgan fingerprint density at radius 3 is 2.57 bits per heavy atom. The highest BCUT2D eigenvalue weighted by Crippen LogP contribution is 2.20. The summed E-state index contributed by atoms with van der Waals surface area (Å²) in [5.74, 6) is 0.00792. The van der Waals surface area contributed by atoms with E-state index in [-0.39, 0.29) is 17.9 Å². The summed E-state index contributed by atoms with van der Waals surface area (Å²) in [4.78, 5) is 26.2. The van der Waals surface area contributed by atoms with Crippen LogP contribution in [0.25, 0.3) is 0 Å². The predicted molar refractivity (Wildman–Crippen MR) is 82.0 cm³/mol. The number of likely N-dealkylation sites (tertiary alicyclic amines) is 1. The van der Waals surface area contributed by atoms with Gasteiger partial charge in [0, 0.05) is 32.2 Å². The molecule has 0 bridgehead atoms. The summed E-state index contributed by atoms with van der Waals surface area (Å²) in [7, 11) is 1.86. The minimum absolute atomic E-state index is 0.00891. The Morgan fingerprint density at radius 2 is 1.86 bits per heavy atom. The average molecular weight is 296 g/mol. The lowest BCUT2D eigenvalue weighted by molar-refractivity contribution is -0.126. The standard InChI is InChI=1S/C15H28N4O2/c1-16-8-9-17-14(20)12-5-4-10-19(11-12)15(21)18-13-6-2-3-7-13/h12-13,16H,2-11H2,1H3,(H,17,20)(H,18,21). The van der Waals surface area contributed by atoms with Crippen molar-refractivity contribution in [3.63, 3.8) is 0 Å². The van der Waals surface area contributed by atoms with Gasteiger partial charge in [0.05, 0.1) is 5.92 Å². The summed E-state index contributed by atoms with van der Waals surface area (Å²) in [5, 5.41) is 9.04. The largest absolute Gasteiger partial charge is 0.355 e. The number of rotatable bonds is 5. The van der Waals surface area contributed by atoms with Crippen LogP contribution >= 0.6 is 0 Å². The minimum atomic E-state index is -0.0649. The number of carbonyl (C=O) groups is 2. The Kier molecular flexibility index (Phi) is 6.29. The van der Waals surface area contributed by atoms with Crippen LogP contribution < -0.4 is 16.0 Å². The van der Waals surface area contributed by atoms with Crippen molar-refractivity contribution in [1.29, 1.82) is 0 Å². The minimum Gasteiger partial charge on any atom is -0.355 e. The van der Waals surface area contributed by atoms with Gasteiger partial charge in [-0.15, -0.1) is 0 Å². The molecule has 1 unspecified atom stereocenters. The van der Waals surface area contributed by atoms with Gasteiger partial charge in [-0.3, -0.25) is 4.79 Å². The van der Waals surface area contributed by atoms with Gasteiger partial charge in [-0.25, -0.2) is 4.79 Å². The molecule has 21 heavy (non-hydrogen) atoms. The molecule has 120 valence electrons. The van der Waals surface area contributed by atoms with E-state index in [0.29, 0.717) is 19.1 Å². The number of hydrogen-bond donors (Lipinski definition) is 3. The van der Waals surface area contributed by atoms with E-state index in [1.807, 2.05) is 11.9 Å². The smallest absolute Gasteiger partial charge is 0.317 e. The Balaban J connectivity index is 1.76. The highest BCUT2D eigenvalue weighted by atomic mass is 16.2. The van der Waals surface area contributed by atoms with Gasteiger partial charge in [-0.05, 0) is 32.7 Å². The van der Waals surface area contributed by atoms with Crippen LogP contribution in [0.3, 0.4) is 0 Å². The van der Waals surface area contributed by atoms with Crippen LogP contribution in [0.15, 0.2) is 0 Å². The molecule has 6 nitrogen and oxygen atoms in total. The van der Waals surface area contributed by atoms with Crippen molar-refractivity contribution in [3.8, 4) is 0 Å². The fourth-order valence-corrected chi connectivity index (χ4v) is 3.17. The molecule has 1 aliphatic heterocycles. The van der Waals surface area contributed by atoms with Crippen molar-refractivity contribution in [3.05, 3.63) is 0 Å². The molecule has 6 heteroatoms. The van der Waals surface area contributed by atoms with E-state index in [2.05, 4.69) is 16.0 Å². The van der Waals surface area contributed by atoms with E-state index in [4.69, 9.17) is 0 Å². The molecule has 0 spiro atoms. The Hall–Kier alpha value is -1.30. The lowest BCUT2D eigenvalue weighted by Gasteiger charge is -2.33. The number of carbonyl (C=O) groups excluding carboxylic acids is 2. The monoisotopic (exact) mass is 296 g/mol. The molecule has 1 saturated carbocycles. The van der Waals surface area contributed by atoms with Crippen LogP contribution in [0.2, 0.25) is 0 Å². The molecule has 3 amide bonds. The Labute approximate surface area is 127 Å². The third-order valence-corrected chi connectivity index (χ3v) is 4.44. The SMILES string of the molecule is CNCCNC(=O)C1CCCN(C(=O)NC2CCCC2)C1. The number of hydrogen-bond acceptors (Lipinski definition) is 3. The Bertz CT molecular complexity index is 356. The van der Waals surface area contributed by atoms with E-state index in [1.54, 1.807) is 0 Å². The van der Waals surface area contributed by atoms with Gasteiger partial charge in [0.25, 0.3) is 0 Å². The second-order valence-corrected chi connectivity index (χ2v) is 6.11. The first kappa shape index (κ1) is 16.1. The van der Waals surface area contributed by atoms with Crippen LogP contribution in [-0.4, -0.2) is 56.1 Å². The lowest BCUT2D eigenvalue weighted by Crippen LogP contribution is -2.51. The lowest BCUT2D eigenvalue weighted by atomic mass is 9.97. The van der Waals surface area contributed by atoms with E-state index in [0.717, 1.165) is 38.8 Å². The summed E-state index contributed by atoms with van der Waals surface area (Å²) in [6.07, 6.45) is 6.38. The summed E-state index contributed by atoms with van der Waals surface area (Å²) in [5.41, 5.74) is 0. The maximum atomic E-state index is 12.3. The van der Waals surface area contributed by atoms with Crippen LogP contribution in [0.4, 0.5) is 4.79 Å². The van der Waals surface area contributed by atoms with Crippen molar-refractivity contribution >= 4 is 11.9 Å². The van der Waals surface area contributed by atoms with Crippen molar-refractivity contribution in [2.24, 2.45) is 5.92 Å². The average Bonchev–Trinajstić information content (AvgIpc) is 3.00. The topological polar surface area (TPSA) is 73.5 Å². The molecule has 2 rings (SSSR count). The molecule has 1 aliphatic carbocycles. The van der Waals surface area contributed by atoms with Crippen molar-refractivity contribution in [2.75, 3.05) is 33.2 Å². The number of urea groups is 1. The normalized spacial score (nSPS) is 23.1. The number of nitrogens with zero attached hydrogens (tertiary/aromatic N) is 1. The molecule has 0 aromatic heterocycles. The van der Waals surface area contributed by atoms with Gasteiger partial charge >= 0.3 is 6.03 Å². The van der Waals surface area contributed by atoms with E-state index in [9.17, 15) is 9.59 Å². The molecule has 2 aliphatic rings. The van der Waals surface area contributed by atoms with Gasteiger partial charge < -0.3 is 20.9 Å². The van der Waals surface area contributed by atoms with Crippen LogP contribution in [0, 0.1) is 5.92 Å². The van der Waals surface area contributed by atoms with E-state index >= 15 is 0 Å². The maximum absolute atomic E-state index is 12.3. The number of amides is 3. The number of nitrogens with one attached hydrogen (secondary N) is 3. The van der Waals surface area contributed by atoms with Crippen molar-refractivity contribution in [1.82, 2.24) is 20.9 Å². The van der Waals surface area contributed by atoms with Crippen LogP contribution in [0.1, 0.15) is 38.5 Å². The first-order chi connectivity index (χ1) is 10.2. The maximum Gasteiger partial charge on any atom is 0.317 e. The number of likely N-dealkylation sites (N-methyl/N-ethyl adjacent to an activating group) is 1. The molecular formula is C15H28N4O2. The molecular weight excluding hydrogens is 268 g/mol. The van der Waals surface area contributed by atoms with Crippen LogP contribution in [-0.2, 0) is 4.79 Å². The zero-order valence-electron chi connectivity index (χ0n) is 13.0. The molecule has 3 N–H and O–H groups in total. The third-order valence-electron chi connectivity index (χ3n) is 4.44. The molecule has 1 heterocycles. The van der Waals surface area contributed by atoms with Gasteiger partial charge in [0.1, 0.15) is 0 Å². The zero-order chi connectivity index (χ0) is 15.1. The summed E-state index contributed by atoms with van der Waals surface area (Å²) >= 11 is 0. The molecule has 0 radical (unpaired) electrons. The van der Waals surface area contributed by atoms with Crippen molar-refractivity contribution < 1.29 is 9.59 Å². The zero-order valence-corrected chi connectivity index (χ0v) is 13.0. The molecule has 2 fully saturated rings. The van der Waals surface area contributed by atoms with E-state index in [1.165, 1.54) is 12.8 Å². The van der Waals surface area contributed by atoms with E-state index < -0.39 is 0 Å². The van der Waals surface area contributed by atoms with Gasteiger partial charge in [-0.1, -0.05) is 12.8 Å². The summed E-state index contributed by atoms with van der Waals surface area (Å²) < 4.78 is 0. The number of piperidine rings is 1. The molecule has 1 saturated heterocycles. The predicted octanol–water partition coefficient (Wildman–Crippen LogP) is 0.686. The summed E-state index contributed by atoms with van der Waals surface area (Å²) in [6.45, 7) is 2.72. The second-order valence-electron chi connectivity index (χ2n) is 6.11. The molecule has 0 aromatic rings. The second kappa shape index (κ2) is 8.22. The first-order valence-electron chi connectivity index (χ1n) is 8.18. The fourth-order valence-electron chi connectivity index (χ4n) is 3.17. The third kappa shape index (κ3) is 4.88. The van der Waals surface area contributed by atoms with Gasteiger partial charge in [0.15, 0.2) is 0 Å².